The number of nitrogens with one attached hydrogen (secondary N) is 1. The summed E-state index contributed by atoms with van der Waals surface area (Å²) in [5.41, 5.74) is 4.01. The minimum absolute atomic E-state index is 0.182. The van der Waals surface area contributed by atoms with E-state index in [1.54, 1.807) is 0 Å². The van der Waals surface area contributed by atoms with E-state index in [0.717, 1.165) is 21.5 Å². The molecule has 0 amide bonds. The lowest BCUT2D eigenvalue weighted by atomic mass is 10.0. The first-order chi connectivity index (χ1) is 8.17. The van der Waals surface area contributed by atoms with Gasteiger partial charge in [-0.3, -0.25) is 11.3 Å². The average molecular weight is 320 g/mol. The number of benzene rings is 1. The van der Waals surface area contributed by atoms with E-state index in [1.807, 2.05) is 12.1 Å². The molecule has 1 rings (SSSR count). The Morgan fingerprint density at radius 2 is 2.06 bits per heavy atom. The molecule has 0 aliphatic carbocycles. The summed E-state index contributed by atoms with van der Waals surface area (Å²) in [5, 5.41) is 0.739. The molecule has 3 N–H and O–H groups in total. The Labute approximate surface area is 117 Å². The van der Waals surface area contributed by atoms with Gasteiger partial charge in [-0.15, -0.1) is 0 Å². The summed E-state index contributed by atoms with van der Waals surface area (Å²) >= 11 is 9.49. The lowest BCUT2D eigenvalue weighted by Gasteiger charge is -2.17. The average Bonchev–Trinajstić information content (AvgIpc) is 2.28. The smallest absolute Gasteiger partial charge is 0.0460 e. The molecule has 96 valence electrons. The van der Waals surface area contributed by atoms with Crippen LogP contribution in [0.4, 0.5) is 0 Å². The van der Waals surface area contributed by atoms with E-state index < -0.39 is 0 Å². The summed E-state index contributed by atoms with van der Waals surface area (Å²) in [7, 11) is 0. The van der Waals surface area contributed by atoms with Crippen molar-refractivity contribution in [1.82, 2.24) is 5.43 Å². The van der Waals surface area contributed by atoms with Crippen molar-refractivity contribution in [3.8, 4) is 0 Å². The van der Waals surface area contributed by atoms with Gasteiger partial charge in [-0.25, -0.2) is 0 Å². The third-order valence-electron chi connectivity index (χ3n) is 2.83. The van der Waals surface area contributed by atoms with Crippen LogP contribution in [0.15, 0.2) is 22.7 Å². The third-order valence-corrected chi connectivity index (χ3v) is 3.51. The molecule has 0 heterocycles. The number of nitrogens with two attached hydrogens (primary N) is 1. The summed E-state index contributed by atoms with van der Waals surface area (Å²) < 4.78 is 0.994. The number of rotatable bonds is 7. The van der Waals surface area contributed by atoms with Gasteiger partial charge in [-0.05, 0) is 30.2 Å². The molecule has 0 radical (unpaired) electrons. The molecule has 0 aromatic heterocycles. The van der Waals surface area contributed by atoms with Crippen LogP contribution in [0.25, 0.3) is 0 Å². The van der Waals surface area contributed by atoms with Crippen molar-refractivity contribution >= 4 is 27.5 Å². The standard InChI is InChI=1S/C13H20BrClN2/c1-2-3-4-5-6-13(17-16)10-7-11(14)9-12(15)8-10/h7-9,13,17H,2-6,16H2,1H3. The molecule has 1 unspecified atom stereocenters. The fourth-order valence-corrected chi connectivity index (χ4v) is 2.78. The highest BCUT2D eigenvalue weighted by Crippen LogP contribution is 2.26. The van der Waals surface area contributed by atoms with Crippen LogP contribution in [-0.4, -0.2) is 0 Å². The molecule has 1 aromatic carbocycles. The summed E-state index contributed by atoms with van der Waals surface area (Å²) in [6.45, 7) is 2.22. The van der Waals surface area contributed by atoms with Gasteiger partial charge in [0.25, 0.3) is 0 Å². The van der Waals surface area contributed by atoms with Gasteiger partial charge in [0.15, 0.2) is 0 Å². The molecule has 0 saturated carbocycles. The lowest BCUT2D eigenvalue weighted by Crippen LogP contribution is -2.28. The number of hydrogen-bond acceptors (Lipinski definition) is 2. The molecule has 0 aliphatic rings. The SMILES string of the molecule is CCCCCCC(NN)c1cc(Cl)cc(Br)c1. The van der Waals surface area contributed by atoms with Crippen LogP contribution in [-0.2, 0) is 0 Å². The summed E-state index contributed by atoms with van der Waals surface area (Å²) in [6, 6.07) is 6.10. The van der Waals surface area contributed by atoms with Gasteiger partial charge >= 0.3 is 0 Å². The van der Waals surface area contributed by atoms with Gasteiger partial charge in [0.2, 0.25) is 0 Å². The van der Waals surface area contributed by atoms with Crippen molar-refractivity contribution in [3.05, 3.63) is 33.3 Å². The molecule has 1 aromatic rings. The quantitative estimate of drug-likeness (QED) is 0.438. The van der Waals surface area contributed by atoms with Gasteiger partial charge in [0, 0.05) is 15.5 Å². The van der Waals surface area contributed by atoms with Crippen LogP contribution in [0.2, 0.25) is 5.02 Å². The van der Waals surface area contributed by atoms with Crippen molar-refractivity contribution < 1.29 is 0 Å². The Balaban J connectivity index is 2.59. The van der Waals surface area contributed by atoms with E-state index in [9.17, 15) is 0 Å². The predicted molar refractivity (Wildman–Crippen MR) is 78.0 cm³/mol. The predicted octanol–water partition coefficient (Wildman–Crippen LogP) is 4.58. The van der Waals surface area contributed by atoms with Crippen molar-refractivity contribution in [2.24, 2.45) is 5.84 Å². The van der Waals surface area contributed by atoms with Gasteiger partial charge in [-0.2, -0.15) is 0 Å². The second-order valence-corrected chi connectivity index (χ2v) is 5.62. The number of halogens is 2. The van der Waals surface area contributed by atoms with E-state index in [0.29, 0.717) is 0 Å². The molecule has 0 aliphatic heterocycles. The Morgan fingerprint density at radius 1 is 1.29 bits per heavy atom. The molecule has 4 heteroatoms. The van der Waals surface area contributed by atoms with Gasteiger partial charge in [0.05, 0.1) is 0 Å². The van der Waals surface area contributed by atoms with E-state index >= 15 is 0 Å². The molecule has 17 heavy (non-hydrogen) atoms. The third kappa shape index (κ3) is 5.38. The molecule has 0 fully saturated rings. The maximum absolute atomic E-state index is 6.04. The van der Waals surface area contributed by atoms with Crippen molar-refractivity contribution in [3.63, 3.8) is 0 Å². The van der Waals surface area contributed by atoms with Crippen molar-refractivity contribution in [2.75, 3.05) is 0 Å². The van der Waals surface area contributed by atoms with Crippen LogP contribution in [0, 0.1) is 0 Å². The highest BCUT2D eigenvalue weighted by atomic mass is 79.9. The van der Waals surface area contributed by atoms with E-state index in [-0.39, 0.29) is 6.04 Å². The van der Waals surface area contributed by atoms with Crippen LogP contribution in [0.3, 0.4) is 0 Å². The second-order valence-electron chi connectivity index (χ2n) is 4.27. The zero-order chi connectivity index (χ0) is 12.7. The van der Waals surface area contributed by atoms with Gasteiger partial charge in [-0.1, -0.05) is 60.1 Å². The maximum Gasteiger partial charge on any atom is 0.0460 e. The first kappa shape index (κ1) is 15.0. The molecule has 2 nitrogen and oxygen atoms in total. The fourth-order valence-electron chi connectivity index (χ4n) is 1.90. The minimum Gasteiger partial charge on any atom is -0.271 e. The lowest BCUT2D eigenvalue weighted by molar-refractivity contribution is 0.482. The highest BCUT2D eigenvalue weighted by Gasteiger charge is 2.10. The van der Waals surface area contributed by atoms with E-state index in [1.165, 1.54) is 25.7 Å². The Morgan fingerprint density at radius 3 is 2.65 bits per heavy atom. The van der Waals surface area contributed by atoms with Crippen LogP contribution < -0.4 is 11.3 Å². The molecule has 0 saturated heterocycles. The Kier molecular flexibility index (Phi) is 7.12. The molecule has 0 spiro atoms. The summed E-state index contributed by atoms with van der Waals surface area (Å²) in [6.07, 6.45) is 6.03. The summed E-state index contributed by atoms with van der Waals surface area (Å²) in [5.74, 6) is 5.61. The number of hydrogen-bond donors (Lipinski definition) is 2. The summed E-state index contributed by atoms with van der Waals surface area (Å²) in [4.78, 5) is 0. The molecule has 0 bridgehead atoms. The Hall–Kier alpha value is -0.0900. The van der Waals surface area contributed by atoms with Crippen LogP contribution in [0.5, 0.6) is 0 Å². The van der Waals surface area contributed by atoms with Gasteiger partial charge < -0.3 is 0 Å². The first-order valence-corrected chi connectivity index (χ1v) is 7.26. The number of hydrazine groups is 1. The molecular weight excluding hydrogens is 300 g/mol. The topological polar surface area (TPSA) is 38.0 Å². The Bertz CT molecular complexity index is 324. The second kappa shape index (κ2) is 8.09. The van der Waals surface area contributed by atoms with E-state index in [4.69, 9.17) is 17.4 Å². The molecular formula is C13H20BrClN2. The van der Waals surface area contributed by atoms with Crippen molar-refractivity contribution in [1.29, 1.82) is 0 Å². The first-order valence-electron chi connectivity index (χ1n) is 6.09. The number of unbranched alkanes of at least 4 members (excludes halogenated alkanes) is 3. The van der Waals surface area contributed by atoms with Crippen LogP contribution >= 0.6 is 27.5 Å². The largest absolute Gasteiger partial charge is 0.271 e. The highest BCUT2D eigenvalue weighted by molar-refractivity contribution is 9.10. The zero-order valence-electron chi connectivity index (χ0n) is 10.2. The van der Waals surface area contributed by atoms with Crippen molar-refractivity contribution in [2.45, 2.75) is 45.1 Å². The van der Waals surface area contributed by atoms with E-state index in [2.05, 4.69) is 34.3 Å². The minimum atomic E-state index is 0.182. The normalized spacial score (nSPS) is 12.7. The zero-order valence-corrected chi connectivity index (χ0v) is 12.5. The van der Waals surface area contributed by atoms with Crippen LogP contribution in [0.1, 0.15) is 50.6 Å². The van der Waals surface area contributed by atoms with Gasteiger partial charge in [0.1, 0.15) is 0 Å². The monoisotopic (exact) mass is 318 g/mol. The molecule has 1 atom stereocenters. The maximum atomic E-state index is 6.04. The fraction of sp³-hybridized carbons (Fsp3) is 0.538.